The summed E-state index contributed by atoms with van der Waals surface area (Å²) in [5.41, 5.74) is 2.10. The van der Waals surface area contributed by atoms with Crippen LogP contribution in [-0.2, 0) is 26.0 Å². The second-order valence-electron chi connectivity index (χ2n) is 7.25. The number of benzene rings is 2. The fourth-order valence-electron chi connectivity index (χ4n) is 3.35. The number of carbonyl (C=O) groups excluding carboxylic acids is 2. The molecule has 1 amide bonds. The van der Waals surface area contributed by atoms with Gasteiger partial charge in [-0.1, -0.05) is 18.2 Å². The molecule has 2 aromatic carbocycles. The van der Waals surface area contributed by atoms with Crippen LogP contribution in [0.25, 0.3) is 0 Å². The number of sulfonamides is 1. The Morgan fingerprint density at radius 3 is 2.34 bits per heavy atom. The monoisotopic (exact) mass is 416 g/mol. The first-order valence-corrected chi connectivity index (χ1v) is 10.7. The zero-order chi connectivity index (χ0) is 21.3. The first-order valence-electron chi connectivity index (χ1n) is 9.27. The summed E-state index contributed by atoms with van der Waals surface area (Å²) in [5, 5.41) is 0. The highest BCUT2D eigenvalue weighted by atomic mass is 32.2. The van der Waals surface area contributed by atoms with E-state index >= 15 is 0 Å². The van der Waals surface area contributed by atoms with Gasteiger partial charge in [-0.05, 0) is 56.2 Å². The molecular formula is C21H24N2O5S. The number of nitrogens with zero attached hydrogens (tertiary/aromatic N) is 2. The van der Waals surface area contributed by atoms with Gasteiger partial charge in [-0.25, -0.2) is 17.5 Å². The molecule has 7 nitrogen and oxygen atoms in total. The predicted octanol–water partition coefficient (Wildman–Crippen LogP) is 2.46. The number of rotatable bonds is 5. The number of para-hydroxylation sites is 1. The van der Waals surface area contributed by atoms with E-state index in [4.69, 9.17) is 4.74 Å². The van der Waals surface area contributed by atoms with Crippen molar-refractivity contribution < 1.29 is 22.7 Å². The van der Waals surface area contributed by atoms with E-state index in [2.05, 4.69) is 0 Å². The maximum Gasteiger partial charge on any atom is 0.338 e. The van der Waals surface area contributed by atoms with Crippen molar-refractivity contribution in [1.29, 1.82) is 0 Å². The van der Waals surface area contributed by atoms with Gasteiger partial charge in [0.15, 0.2) is 6.10 Å². The minimum absolute atomic E-state index is 0.0171. The summed E-state index contributed by atoms with van der Waals surface area (Å²) in [5.74, 6) is -0.970. The molecule has 0 fully saturated rings. The fraction of sp³-hybridized carbons (Fsp3) is 0.333. The van der Waals surface area contributed by atoms with E-state index in [1.807, 2.05) is 31.2 Å². The molecule has 1 aliphatic rings. The zero-order valence-electron chi connectivity index (χ0n) is 16.8. The van der Waals surface area contributed by atoms with Gasteiger partial charge < -0.3 is 9.64 Å². The molecule has 154 valence electrons. The van der Waals surface area contributed by atoms with Crippen molar-refractivity contribution in [2.75, 3.05) is 19.0 Å². The number of hydrogen-bond acceptors (Lipinski definition) is 5. The van der Waals surface area contributed by atoms with Crippen LogP contribution in [0.15, 0.2) is 53.4 Å². The molecule has 8 heteroatoms. The first kappa shape index (κ1) is 21.0. The van der Waals surface area contributed by atoms with Crippen molar-refractivity contribution in [3.05, 3.63) is 59.7 Å². The molecule has 0 unspecified atom stereocenters. The average Bonchev–Trinajstić information content (AvgIpc) is 3.02. The van der Waals surface area contributed by atoms with Gasteiger partial charge in [-0.2, -0.15) is 0 Å². The quantitative estimate of drug-likeness (QED) is 0.699. The van der Waals surface area contributed by atoms with Crippen molar-refractivity contribution in [3.63, 3.8) is 0 Å². The Labute approximate surface area is 170 Å². The molecule has 1 aliphatic heterocycles. The Kier molecular flexibility index (Phi) is 5.77. The molecule has 0 aromatic heterocycles. The van der Waals surface area contributed by atoms with Crippen LogP contribution in [0.3, 0.4) is 0 Å². The van der Waals surface area contributed by atoms with Crippen molar-refractivity contribution >= 4 is 27.6 Å². The summed E-state index contributed by atoms with van der Waals surface area (Å²) < 4.78 is 30.7. The van der Waals surface area contributed by atoms with Gasteiger partial charge in [-0.3, -0.25) is 4.79 Å². The Hall–Kier alpha value is -2.71. The van der Waals surface area contributed by atoms with Crippen LogP contribution in [0, 0.1) is 0 Å². The summed E-state index contributed by atoms with van der Waals surface area (Å²) in [6.45, 7) is 3.50. The summed E-state index contributed by atoms with van der Waals surface area (Å²) in [4.78, 5) is 27.1. The average molecular weight is 416 g/mol. The number of anilines is 1. The number of esters is 1. The normalized spacial score (nSPS) is 17.1. The van der Waals surface area contributed by atoms with Crippen LogP contribution in [0.4, 0.5) is 5.69 Å². The molecule has 0 N–H and O–H groups in total. The van der Waals surface area contributed by atoms with E-state index in [-0.39, 0.29) is 22.4 Å². The Balaban J connectivity index is 1.72. The Bertz CT molecular complexity index is 1030. The summed E-state index contributed by atoms with van der Waals surface area (Å²) in [7, 11) is -0.715. The molecule has 0 radical (unpaired) electrons. The highest BCUT2D eigenvalue weighted by Gasteiger charge is 2.34. The highest BCUT2D eigenvalue weighted by molar-refractivity contribution is 7.89. The van der Waals surface area contributed by atoms with Crippen LogP contribution in [-0.4, -0.2) is 50.8 Å². The number of fused-ring (bicyclic) bond motifs is 1. The molecule has 0 spiro atoms. The molecule has 0 saturated heterocycles. The van der Waals surface area contributed by atoms with E-state index in [9.17, 15) is 18.0 Å². The third-order valence-corrected chi connectivity index (χ3v) is 6.77. The molecule has 0 bridgehead atoms. The van der Waals surface area contributed by atoms with E-state index in [0.717, 1.165) is 22.0 Å². The van der Waals surface area contributed by atoms with Crippen LogP contribution < -0.4 is 4.90 Å². The second-order valence-corrected chi connectivity index (χ2v) is 9.40. The lowest BCUT2D eigenvalue weighted by Crippen LogP contribution is -2.43. The van der Waals surface area contributed by atoms with Gasteiger partial charge in [0.05, 0.1) is 10.5 Å². The Morgan fingerprint density at radius 1 is 1.10 bits per heavy atom. The molecule has 1 heterocycles. The third kappa shape index (κ3) is 4.04. The second kappa shape index (κ2) is 7.96. The predicted molar refractivity (Wildman–Crippen MR) is 109 cm³/mol. The highest BCUT2D eigenvalue weighted by Crippen LogP contribution is 2.32. The lowest BCUT2D eigenvalue weighted by Gasteiger charge is -2.26. The van der Waals surface area contributed by atoms with Crippen LogP contribution in [0.5, 0.6) is 0 Å². The largest absolute Gasteiger partial charge is 0.449 e. The molecule has 29 heavy (non-hydrogen) atoms. The molecule has 3 rings (SSSR count). The zero-order valence-corrected chi connectivity index (χ0v) is 17.6. The summed E-state index contributed by atoms with van der Waals surface area (Å²) >= 11 is 0. The van der Waals surface area contributed by atoms with Gasteiger partial charge in [0.2, 0.25) is 10.0 Å². The molecule has 2 aromatic rings. The van der Waals surface area contributed by atoms with Crippen molar-refractivity contribution in [3.8, 4) is 0 Å². The van der Waals surface area contributed by atoms with E-state index < -0.39 is 22.1 Å². The minimum Gasteiger partial charge on any atom is -0.449 e. The lowest BCUT2D eigenvalue weighted by atomic mass is 10.1. The van der Waals surface area contributed by atoms with Gasteiger partial charge in [0.25, 0.3) is 5.91 Å². The maximum absolute atomic E-state index is 12.9. The molecule has 2 atom stereocenters. The van der Waals surface area contributed by atoms with Crippen molar-refractivity contribution in [1.82, 2.24) is 4.31 Å². The van der Waals surface area contributed by atoms with E-state index in [0.29, 0.717) is 0 Å². The van der Waals surface area contributed by atoms with Crippen LogP contribution in [0.1, 0.15) is 29.8 Å². The SMILES string of the molecule is C[C@@H]1Cc2ccccc2N1C(=O)[C@@H](C)OC(=O)c1ccc(S(=O)(=O)N(C)C)cc1. The van der Waals surface area contributed by atoms with Crippen LogP contribution >= 0.6 is 0 Å². The number of ether oxygens (including phenoxy) is 1. The lowest BCUT2D eigenvalue weighted by molar-refractivity contribution is -0.126. The number of hydrogen-bond donors (Lipinski definition) is 0. The minimum atomic E-state index is -3.58. The molecular weight excluding hydrogens is 392 g/mol. The standard InChI is InChI=1S/C21H24N2O5S/c1-14-13-17-7-5-6-8-19(17)23(14)20(24)15(2)28-21(25)16-9-11-18(12-10-16)29(26,27)22(3)4/h5-12,14-15H,13H2,1-4H3/t14-,15-/m1/s1. The van der Waals surface area contributed by atoms with Gasteiger partial charge in [-0.15, -0.1) is 0 Å². The number of amides is 1. The Morgan fingerprint density at radius 2 is 1.72 bits per heavy atom. The molecule has 0 aliphatic carbocycles. The number of carbonyl (C=O) groups is 2. The summed E-state index contributed by atoms with van der Waals surface area (Å²) in [6, 6.07) is 13.1. The van der Waals surface area contributed by atoms with Crippen molar-refractivity contribution in [2.45, 2.75) is 37.3 Å². The fourth-order valence-corrected chi connectivity index (χ4v) is 4.25. The maximum atomic E-state index is 12.9. The summed E-state index contributed by atoms with van der Waals surface area (Å²) in [6.07, 6.45) is -0.217. The first-order chi connectivity index (χ1) is 13.6. The smallest absolute Gasteiger partial charge is 0.338 e. The van der Waals surface area contributed by atoms with Gasteiger partial charge in [0.1, 0.15) is 0 Å². The van der Waals surface area contributed by atoms with Crippen LogP contribution in [0.2, 0.25) is 0 Å². The van der Waals surface area contributed by atoms with E-state index in [1.54, 1.807) is 11.8 Å². The van der Waals surface area contributed by atoms with Gasteiger partial charge >= 0.3 is 5.97 Å². The topological polar surface area (TPSA) is 84.0 Å². The van der Waals surface area contributed by atoms with E-state index in [1.165, 1.54) is 38.4 Å². The van der Waals surface area contributed by atoms with Crippen molar-refractivity contribution in [2.24, 2.45) is 0 Å². The third-order valence-electron chi connectivity index (χ3n) is 4.94. The molecule has 0 saturated carbocycles. The van der Waals surface area contributed by atoms with Gasteiger partial charge in [0, 0.05) is 25.8 Å².